The number of nitrogens with one attached hydrogen (secondary N) is 2. The van der Waals surface area contributed by atoms with Crippen molar-refractivity contribution in [3.63, 3.8) is 0 Å². The lowest BCUT2D eigenvalue weighted by atomic mass is 9.79. The normalized spacial score (nSPS) is 20.7. The topological polar surface area (TPSA) is 105 Å². The number of amides is 2. The van der Waals surface area contributed by atoms with Gasteiger partial charge in [-0.1, -0.05) is 36.0 Å². The van der Waals surface area contributed by atoms with E-state index in [0.717, 1.165) is 12.8 Å². The van der Waals surface area contributed by atoms with E-state index in [9.17, 15) is 19.5 Å². The van der Waals surface area contributed by atoms with Gasteiger partial charge in [0, 0.05) is 5.02 Å². The fraction of sp³-hybridized carbons (Fsp3) is 0.471. The molecule has 0 bridgehead atoms. The van der Waals surface area contributed by atoms with E-state index < -0.39 is 35.7 Å². The van der Waals surface area contributed by atoms with Crippen molar-refractivity contribution < 1.29 is 24.2 Å². The summed E-state index contributed by atoms with van der Waals surface area (Å²) in [7, 11) is 0. The average molecular weight is 403 g/mol. The Balaban J connectivity index is 1.88. The largest absolute Gasteiger partial charge is 0.481 e. The molecule has 142 valence electrons. The van der Waals surface area contributed by atoms with Crippen molar-refractivity contribution in [1.82, 2.24) is 10.9 Å². The molecule has 0 aliphatic heterocycles. The van der Waals surface area contributed by atoms with Gasteiger partial charge in [0.1, 0.15) is 5.75 Å². The number of hydrazine groups is 1. The van der Waals surface area contributed by atoms with Crippen LogP contribution < -0.4 is 15.6 Å². The van der Waals surface area contributed by atoms with Crippen LogP contribution in [0.25, 0.3) is 0 Å². The Kier molecular flexibility index (Phi) is 7.11. The van der Waals surface area contributed by atoms with E-state index in [1.165, 1.54) is 19.1 Å². The fourth-order valence-corrected chi connectivity index (χ4v) is 3.33. The lowest BCUT2D eigenvalue weighted by Gasteiger charge is -2.27. The Morgan fingerprint density at radius 1 is 1.15 bits per heavy atom. The Morgan fingerprint density at radius 3 is 2.42 bits per heavy atom. The summed E-state index contributed by atoms with van der Waals surface area (Å²) in [6.07, 6.45) is 1.56. The highest BCUT2D eigenvalue weighted by atomic mass is 35.5. The number of hydrogen-bond acceptors (Lipinski definition) is 4. The van der Waals surface area contributed by atoms with E-state index in [0.29, 0.717) is 17.9 Å². The minimum Gasteiger partial charge on any atom is -0.481 e. The van der Waals surface area contributed by atoms with Crippen LogP contribution in [-0.2, 0) is 14.4 Å². The number of halogens is 2. The Labute approximate surface area is 161 Å². The molecule has 2 rings (SSSR count). The molecule has 0 spiro atoms. The molecule has 0 unspecified atom stereocenters. The minimum atomic E-state index is -0.995. The van der Waals surface area contributed by atoms with Crippen LogP contribution in [0.2, 0.25) is 10.0 Å². The molecule has 0 saturated heterocycles. The molecule has 1 aliphatic carbocycles. The number of ether oxygens (including phenoxy) is 1. The van der Waals surface area contributed by atoms with E-state index in [2.05, 4.69) is 10.9 Å². The molecule has 1 aromatic carbocycles. The first-order valence-corrected chi connectivity index (χ1v) is 8.99. The molecule has 3 N–H and O–H groups in total. The van der Waals surface area contributed by atoms with Gasteiger partial charge in [0.05, 0.1) is 16.9 Å². The van der Waals surface area contributed by atoms with Gasteiger partial charge in [-0.2, -0.15) is 0 Å². The van der Waals surface area contributed by atoms with Gasteiger partial charge < -0.3 is 9.84 Å². The molecular weight excluding hydrogens is 383 g/mol. The molecule has 9 heteroatoms. The molecule has 0 radical (unpaired) electrons. The predicted molar refractivity (Wildman–Crippen MR) is 95.9 cm³/mol. The second kappa shape index (κ2) is 9.09. The molecule has 0 aromatic heterocycles. The standard InChI is InChI=1S/C17H20Cl2N2O5/c1-9(26-14-7-6-10(18)8-13(14)19)15(22)20-21-16(23)11-4-2-3-5-12(11)17(24)25/h6-9,11-12H,2-5H2,1H3,(H,20,22)(H,21,23)(H,24,25)/t9-,11+,12-/m1/s1. The number of hydrogen-bond donors (Lipinski definition) is 3. The number of rotatable bonds is 5. The number of carbonyl (C=O) groups excluding carboxylic acids is 2. The van der Waals surface area contributed by atoms with E-state index in [1.54, 1.807) is 6.07 Å². The molecule has 1 saturated carbocycles. The molecule has 1 aliphatic rings. The first kappa shape index (κ1) is 20.3. The van der Waals surface area contributed by atoms with Crippen molar-refractivity contribution in [3.05, 3.63) is 28.2 Å². The molecule has 1 fully saturated rings. The predicted octanol–water partition coefficient (Wildman–Crippen LogP) is 2.80. The van der Waals surface area contributed by atoms with Crippen LogP contribution in [0.3, 0.4) is 0 Å². The molecular formula is C17H20Cl2N2O5. The summed E-state index contributed by atoms with van der Waals surface area (Å²) >= 11 is 11.8. The number of aliphatic carboxylic acids is 1. The van der Waals surface area contributed by atoms with Gasteiger partial charge in [-0.05, 0) is 38.0 Å². The minimum absolute atomic E-state index is 0.257. The Morgan fingerprint density at radius 2 is 1.81 bits per heavy atom. The zero-order valence-corrected chi connectivity index (χ0v) is 15.6. The third-order valence-electron chi connectivity index (χ3n) is 4.30. The molecule has 0 heterocycles. The van der Waals surface area contributed by atoms with Gasteiger partial charge in [-0.25, -0.2) is 0 Å². The maximum atomic E-state index is 12.2. The summed E-state index contributed by atoms with van der Waals surface area (Å²) in [6, 6.07) is 4.59. The second-order valence-corrected chi connectivity index (χ2v) is 6.99. The Hall–Kier alpha value is -1.99. The van der Waals surface area contributed by atoms with Crippen LogP contribution in [-0.4, -0.2) is 29.0 Å². The van der Waals surface area contributed by atoms with Crippen LogP contribution in [0.5, 0.6) is 5.75 Å². The average Bonchev–Trinajstić information content (AvgIpc) is 2.61. The summed E-state index contributed by atoms with van der Waals surface area (Å²) in [5, 5.41) is 9.92. The number of carboxylic acid groups (broad SMARTS) is 1. The molecule has 7 nitrogen and oxygen atoms in total. The third kappa shape index (κ3) is 5.25. The monoisotopic (exact) mass is 402 g/mol. The lowest BCUT2D eigenvalue weighted by Crippen LogP contribution is -2.51. The Bertz CT molecular complexity index is 698. The highest BCUT2D eigenvalue weighted by Crippen LogP contribution is 2.30. The van der Waals surface area contributed by atoms with Gasteiger partial charge in [0.15, 0.2) is 6.10 Å². The van der Waals surface area contributed by atoms with Crippen LogP contribution in [0.1, 0.15) is 32.6 Å². The molecule has 3 atom stereocenters. The number of benzene rings is 1. The smallest absolute Gasteiger partial charge is 0.307 e. The summed E-state index contributed by atoms with van der Waals surface area (Å²) in [5.74, 6) is -3.21. The van der Waals surface area contributed by atoms with Gasteiger partial charge in [-0.15, -0.1) is 0 Å². The quantitative estimate of drug-likeness (QED) is 0.656. The number of carbonyl (C=O) groups is 3. The van der Waals surface area contributed by atoms with Gasteiger partial charge in [0.25, 0.3) is 5.91 Å². The summed E-state index contributed by atoms with van der Waals surface area (Å²) in [6.45, 7) is 1.49. The maximum Gasteiger partial charge on any atom is 0.307 e. The van der Waals surface area contributed by atoms with E-state index in [-0.39, 0.29) is 10.8 Å². The van der Waals surface area contributed by atoms with Crippen LogP contribution >= 0.6 is 23.2 Å². The first-order valence-electron chi connectivity index (χ1n) is 8.24. The highest BCUT2D eigenvalue weighted by molar-refractivity contribution is 6.35. The van der Waals surface area contributed by atoms with Gasteiger partial charge in [-0.3, -0.25) is 25.2 Å². The van der Waals surface area contributed by atoms with Crippen molar-refractivity contribution in [2.75, 3.05) is 0 Å². The first-order chi connectivity index (χ1) is 12.3. The summed E-state index contributed by atoms with van der Waals surface area (Å²) in [5.41, 5.74) is 4.56. The third-order valence-corrected chi connectivity index (χ3v) is 4.83. The summed E-state index contributed by atoms with van der Waals surface area (Å²) in [4.78, 5) is 35.6. The van der Waals surface area contributed by atoms with Gasteiger partial charge >= 0.3 is 5.97 Å². The highest BCUT2D eigenvalue weighted by Gasteiger charge is 2.36. The van der Waals surface area contributed by atoms with Crippen molar-refractivity contribution in [2.45, 2.75) is 38.7 Å². The number of carboxylic acids is 1. The fourth-order valence-electron chi connectivity index (χ4n) is 2.87. The SMILES string of the molecule is C[C@@H](Oc1ccc(Cl)cc1Cl)C(=O)NNC(=O)[C@H]1CCCC[C@H]1C(=O)O. The van der Waals surface area contributed by atoms with E-state index in [1.807, 2.05) is 0 Å². The van der Waals surface area contributed by atoms with Crippen LogP contribution in [0, 0.1) is 11.8 Å². The van der Waals surface area contributed by atoms with Crippen molar-refractivity contribution >= 4 is 41.0 Å². The lowest BCUT2D eigenvalue weighted by molar-refractivity contribution is -0.149. The molecule has 26 heavy (non-hydrogen) atoms. The van der Waals surface area contributed by atoms with Crippen molar-refractivity contribution in [1.29, 1.82) is 0 Å². The van der Waals surface area contributed by atoms with Crippen LogP contribution in [0.15, 0.2) is 18.2 Å². The maximum absolute atomic E-state index is 12.2. The van der Waals surface area contributed by atoms with E-state index >= 15 is 0 Å². The van der Waals surface area contributed by atoms with Crippen molar-refractivity contribution in [3.8, 4) is 5.75 Å². The van der Waals surface area contributed by atoms with Crippen molar-refractivity contribution in [2.24, 2.45) is 11.8 Å². The summed E-state index contributed by atoms with van der Waals surface area (Å²) < 4.78 is 5.45. The zero-order valence-electron chi connectivity index (χ0n) is 14.1. The zero-order chi connectivity index (χ0) is 19.3. The van der Waals surface area contributed by atoms with Gasteiger partial charge in [0.2, 0.25) is 5.91 Å². The van der Waals surface area contributed by atoms with Crippen LogP contribution in [0.4, 0.5) is 0 Å². The second-order valence-electron chi connectivity index (χ2n) is 6.15. The molecule has 1 aromatic rings. The van der Waals surface area contributed by atoms with E-state index in [4.69, 9.17) is 27.9 Å². The molecule has 2 amide bonds.